The Morgan fingerprint density at radius 1 is 1.29 bits per heavy atom. The maximum Gasteiger partial charge on any atom is 0.264 e. The molecule has 2 heterocycles. The Hall–Kier alpha value is -2.14. The molecule has 2 aromatic rings. The molecule has 2 amide bonds. The second-order valence-electron chi connectivity index (χ2n) is 6.09. The number of likely N-dealkylation sites (tertiary alicyclic amines) is 1. The molecule has 0 radical (unpaired) electrons. The number of para-hydroxylation sites is 1. The van der Waals surface area contributed by atoms with Crippen LogP contribution in [0, 0.1) is 6.92 Å². The fraction of sp³-hybridized carbons (Fsp3) is 0.368. The van der Waals surface area contributed by atoms with E-state index in [1.807, 2.05) is 42.6 Å². The summed E-state index contributed by atoms with van der Waals surface area (Å²) in [6.45, 7) is 4.72. The Balaban J connectivity index is 1.78. The van der Waals surface area contributed by atoms with Crippen LogP contribution in [0.2, 0.25) is 0 Å². The number of thiophene rings is 1. The molecule has 0 aliphatic carbocycles. The lowest BCUT2D eigenvalue weighted by Gasteiger charge is -2.24. The minimum Gasteiger partial charge on any atom is -0.326 e. The van der Waals surface area contributed by atoms with Crippen LogP contribution in [0.5, 0.6) is 0 Å². The highest BCUT2D eigenvalue weighted by molar-refractivity contribution is 7.12. The topological polar surface area (TPSA) is 49.4 Å². The van der Waals surface area contributed by atoms with Gasteiger partial charge in [0.25, 0.3) is 5.91 Å². The Labute approximate surface area is 146 Å². The molecule has 3 rings (SSSR count). The van der Waals surface area contributed by atoms with E-state index in [0.717, 1.165) is 36.1 Å². The van der Waals surface area contributed by atoms with Crippen molar-refractivity contribution in [1.29, 1.82) is 0 Å². The number of amides is 2. The number of aryl methyl sites for hydroxylation is 2. The first-order valence-electron chi connectivity index (χ1n) is 8.35. The van der Waals surface area contributed by atoms with Crippen LogP contribution in [0.1, 0.15) is 40.6 Å². The molecule has 4 nitrogen and oxygen atoms in total. The van der Waals surface area contributed by atoms with E-state index < -0.39 is 0 Å². The normalized spacial score (nSPS) is 17.1. The largest absolute Gasteiger partial charge is 0.326 e. The van der Waals surface area contributed by atoms with Gasteiger partial charge in [0.2, 0.25) is 5.91 Å². The maximum atomic E-state index is 12.8. The van der Waals surface area contributed by atoms with Crippen molar-refractivity contribution in [3.63, 3.8) is 0 Å². The number of hydrogen-bond donors (Lipinski definition) is 1. The number of nitrogens with one attached hydrogen (secondary N) is 1. The number of hydrogen-bond acceptors (Lipinski definition) is 3. The van der Waals surface area contributed by atoms with Crippen LogP contribution in [0.25, 0.3) is 0 Å². The van der Waals surface area contributed by atoms with Crippen LogP contribution >= 0.6 is 11.3 Å². The highest BCUT2D eigenvalue weighted by Crippen LogP contribution is 2.26. The van der Waals surface area contributed by atoms with Gasteiger partial charge in [-0.25, -0.2) is 0 Å². The van der Waals surface area contributed by atoms with E-state index in [0.29, 0.717) is 11.4 Å². The van der Waals surface area contributed by atoms with Gasteiger partial charge in [-0.3, -0.25) is 9.59 Å². The van der Waals surface area contributed by atoms with E-state index in [9.17, 15) is 9.59 Å². The molecule has 0 unspecified atom stereocenters. The van der Waals surface area contributed by atoms with E-state index in [1.54, 1.807) is 4.90 Å². The van der Waals surface area contributed by atoms with E-state index in [4.69, 9.17) is 0 Å². The third kappa shape index (κ3) is 3.22. The van der Waals surface area contributed by atoms with Gasteiger partial charge in [-0.15, -0.1) is 11.3 Å². The van der Waals surface area contributed by atoms with Crippen molar-refractivity contribution in [2.24, 2.45) is 0 Å². The Kier molecular flexibility index (Phi) is 5.00. The minimum atomic E-state index is -0.385. The monoisotopic (exact) mass is 342 g/mol. The van der Waals surface area contributed by atoms with Gasteiger partial charge in [-0.05, 0) is 48.8 Å². The predicted molar refractivity (Wildman–Crippen MR) is 97.6 cm³/mol. The van der Waals surface area contributed by atoms with Crippen molar-refractivity contribution in [2.75, 3.05) is 11.9 Å². The third-order valence-electron chi connectivity index (χ3n) is 4.54. The lowest BCUT2D eigenvalue weighted by atomic mass is 10.1. The Morgan fingerprint density at radius 2 is 2.12 bits per heavy atom. The molecule has 1 aromatic carbocycles. The number of benzene rings is 1. The molecule has 1 saturated heterocycles. The third-order valence-corrected chi connectivity index (χ3v) is 5.39. The summed E-state index contributed by atoms with van der Waals surface area (Å²) in [5, 5.41) is 4.96. The van der Waals surface area contributed by atoms with Gasteiger partial charge in [0.05, 0.1) is 4.88 Å². The molecule has 0 bridgehead atoms. The van der Waals surface area contributed by atoms with E-state index in [1.165, 1.54) is 11.3 Å². The highest BCUT2D eigenvalue weighted by Gasteiger charge is 2.35. The molecule has 1 N–H and O–H groups in total. The highest BCUT2D eigenvalue weighted by atomic mass is 32.1. The molecule has 24 heavy (non-hydrogen) atoms. The fourth-order valence-corrected chi connectivity index (χ4v) is 3.91. The van der Waals surface area contributed by atoms with Gasteiger partial charge in [0.1, 0.15) is 6.04 Å². The van der Waals surface area contributed by atoms with Crippen LogP contribution < -0.4 is 5.32 Å². The molecule has 126 valence electrons. The number of anilines is 1. The van der Waals surface area contributed by atoms with Gasteiger partial charge in [-0.2, -0.15) is 0 Å². The standard InChI is InChI=1S/C19H22N2O2S/c1-3-14-8-4-7-13(2)17(14)20-18(22)15-9-5-11-21(15)19(23)16-10-6-12-24-16/h4,6-8,10,12,15H,3,5,9,11H2,1-2H3,(H,20,22)/t15-/m0/s1. The lowest BCUT2D eigenvalue weighted by molar-refractivity contribution is -0.119. The van der Waals surface area contributed by atoms with Gasteiger partial charge in [0, 0.05) is 12.2 Å². The zero-order valence-corrected chi connectivity index (χ0v) is 14.9. The smallest absolute Gasteiger partial charge is 0.264 e. The predicted octanol–water partition coefficient (Wildman–Crippen LogP) is 3.86. The number of carbonyl (C=O) groups excluding carboxylic acids is 2. The molecule has 1 aliphatic rings. The second-order valence-corrected chi connectivity index (χ2v) is 7.03. The van der Waals surface area contributed by atoms with Gasteiger partial charge in [0.15, 0.2) is 0 Å². The number of carbonyl (C=O) groups is 2. The molecule has 1 aliphatic heterocycles. The minimum absolute atomic E-state index is 0.0388. The summed E-state index contributed by atoms with van der Waals surface area (Å²) in [5.74, 6) is -0.121. The van der Waals surface area contributed by atoms with Crippen LogP contribution in [0.15, 0.2) is 35.7 Å². The summed E-state index contributed by atoms with van der Waals surface area (Å²) in [7, 11) is 0. The zero-order chi connectivity index (χ0) is 17.1. The SMILES string of the molecule is CCc1cccc(C)c1NC(=O)[C@@H]1CCCN1C(=O)c1cccs1. The lowest BCUT2D eigenvalue weighted by Crippen LogP contribution is -2.43. The van der Waals surface area contributed by atoms with E-state index >= 15 is 0 Å². The summed E-state index contributed by atoms with van der Waals surface area (Å²) in [5.41, 5.74) is 3.06. The molecular weight excluding hydrogens is 320 g/mol. The van der Waals surface area contributed by atoms with Crippen LogP contribution in [-0.2, 0) is 11.2 Å². The average Bonchev–Trinajstić information content (AvgIpc) is 3.27. The Morgan fingerprint density at radius 3 is 2.83 bits per heavy atom. The molecule has 1 atom stereocenters. The van der Waals surface area contributed by atoms with Crippen LogP contribution in [-0.4, -0.2) is 29.3 Å². The van der Waals surface area contributed by atoms with Crippen LogP contribution in [0.3, 0.4) is 0 Å². The number of nitrogens with zero attached hydrogens (tertiary/aromatic N) is 1. The number of rotatable bonds is 4. The van der Waals surface area contributed by atoms with Gasteiger partial charge in [-0.1, -0.05) is 31.2 Å². The molecule has 1 aromatic heterocycles. The van der Waals surface area contributed by atoms with Crippen molar-refractivity contribution in [3.05, 3.63) is 51.7 Å². The van der Waals surface area contributed by atoms with Gasteiger partial charge < -0.3 is 10.2 Å². The van der Waals surface area contributed by atoms with Crippen molar-refractivity contribution >= 4 is 28.8 Å². The van der Waals surface area contributed by atoms with Crippen molar-refractivity contribution in [2.45, 2.75) is 39.2 Å². The summed E-state index contributed by atoms with van der Waals surface area (Å²) >= 11 is 1.42. The molecular formula is C19H22N2O2S. The first-order chi connectivity index (χ1) is 11.6. The first-order valence-corrected chi connectivity index (χ1v) is 9.23. The fourth-order valence-electron chi connectivity index (χ4n) is 3.23. The maximum absolute atomic E-state index is 12.8. The molecule has 0 saturated carbocycles. The molecule has 5 heteroatoms. The summed E-state index contributed by atoms with van der Waals surface area (Å²) in [6.07, 6.45) is 2.44. The van der Waals surface area contributed by atoms with E-state index in [2.05, 4.69) is 12.2 Å². The molecule has 1 fully saturated rings. The quantitative estimate of drug-likeness (QED) is 0.917. The summed E-state index contributed by atoms with van der Waals surface area (Å²) < 4.78 is 0. The Bertz CT molecular complexity index is 740. The van der Waals surface area contributed by atoms with Crippen molar-refractivity contribution < 1.29 is 9.59 Å². The van der Waals surface area contributed by atoms with Crippen molar-refractivity contribution in [3.8, 4) is 0 Å². The first kappa shape index (κ1) is 16.7. The second kappa shape index (κ2) is 7.18. The zero-order valence-electron chi connectivity index (χ0n) is 14.0. The van der Waals surface area contributed by atoms with Gasteiger partial charge >= 0.3 is 0 Å². The van der Waals surface area contributed by atoms with Crippen LogP contribution in [0.4, 0.5) is 5.69 Å². The van der Waals surface area contributed by atoms with Crippen molar-refractivity contribution in [1.82, 2.24) is 4.90 Å². The molecule has 0 spiro atoms. The van der Waals surface area contributed by atoms with E-state index in [-0.39, 0.29) is 17.9 Å². The average molecular weight is 342 g/mol. The summed E-state index contributed by atoms with van der Waals surface area (Å²) in [6, 6.07) is 9.33. The summed E-state index contributed by atoms with van der Waals surface area (Å²) in [4.78, 5) is 27.8.